The van der Waals surface area contributed by atoms with Crippen molar-refractivity contribution in [1.29, 1.82) is 0 Å². The lowest BCUT2D eigenvalue weighted by molar-refractivity contribution is -0.167. The van der Waals surface area contributed by atoms with Crippen LogP contribution in [0.5, 0.6) is 0 Å². The largest absolute Gasteiger partial charge is 0.459 e. The van der Waals surface area contributed by atoms with Crippen LogP contribution in [-0.2, 0) is 9.53 Å². The molecule has 3 rings (SSSR count). The fourth-order valence-corrected chi connectivity index (χ4v) is 4.16. The van der Waals surface area contributed by atoms with Crippen LogP contribution in [-0.4, -0.2) is 11.6 Å². The smallest absolute Gasteiger partial charge is 0.309 e. The topological polar surface area (TPSA) is 26.3 Å². The number of allylic oxidation sites excluding steroid dienone is 2. The number of carbonyl (C=O) groups excluding carboxylic acids is 1. The first kappa shape index (κ1) is 12.3. The van der Waals surface area contributed by atoms with Gasteiger partial charge < -0.3 is 4.74 Å². The first-order valence-corrected chi connectivity index (χ1v) is 7.47. The van der Waals surface area contributed by atoms with Gasteiger partial charge in [-0.2, -0.15) is 0 Å². The SMILES string of the molecule is CC(C)(OC(=O)C1CCCC1)C1CC2C=CC1C2. The third-order valence-corrected chi connectivity index (χ3v) is 5.22. The second-order valence-corrected chi connectivity index (χ2v) is 6.89. The maximum atomic E-state index is 12.2. The van der Waals surface area contributed by atoms with Gasteiger partial charge >= 0.3 is 5.97 Å². The predicted octanol–water partition coefficient (Wildman–Crippen LogP) is 3.71. The number of carbonyl (C=O) groups is 1. The van der Waals surface area contributed by atoms with E-state index in [1.165, 1.54) is 25.7 Å². The van der Waals surface area contributed by atoms with Gasteiger partial charge in [-0.1, -0.05) is 25.0 Å². The highest BCUT2D eigenvalue weighted by molar-refractivity contribution is 5.73. The zero-order valence-electron chi connectivity index (χ0n) is 11.5. The molecule has 3 aliphatic carbocycles. The molecule has 0 aliphatic heterocycles. The van der Waals surface area contributed by atoms with E-state index in [4.69, 9.17) is 4.74 Å². The van der Waals surface area contributed by atoms with Crippen LogP contribution in [0.3, 0.4) is 0 Å². The zero-order chi connectivity index (χ0) is 12.8. The molecule has 2 nitrogen and oxygen atoms in total. The van der Waals surface area contributed by atoms with Crippen molar-refractivity contribution in [3.8, 4) is 0 Å². The summed E-state index contributed by atoms with van der Waals surface area (Å²) in [5.41, 5.74) is -0.288. The first-order valence-electron chi connectivity index (χ1n) is 7.47. The Labute approximate surface area is 110 Å². The van der Waals surface area contributed by atoms with Crippen molar-refractivity contribution in [3.05, 3.63) is 12.2 Å². The van der Waals surface area contributed by atoms with Crippen LogP contribution in [0, 0.1) is 23.7 Å². The van der Waals surface area contributed by atoms with Gasteiger partial charge in [0.15, 0.2) is 0 Å². The normalized spacial score (nSPS) is 35.3. The molecule has 0 amide bonds. The Balaban J connectivity index is 1.63. The van der Waals surface area contributed by atoms with Crippen LogP contribution in [0.2, 0.25) is 0 Å². The van der Waals surface area contributed by atoms with Gasteiger partial charge in [0.25, 0.3) is 0 Å². The minimum Gasteiger partial charge on any atom is -0.459 e. The minimum atomic E-state index is -0.288. The van der Waals surface area contributed by atoms with Crippen LogP contribution in [0.4, 0.5) is 0 Å². The highest BCUT2D eigenvalue weighted by Crippen LogP contribution is 2.49. The van der Waals surface area contributed by atoms with Gasteiger partial charge in [-0.05, 0) is 51.4 Å². The summed E-state index contributed by atoms with van der Waals surface area (Å²) in [4.78, 5) is 12.2. The minimum absolute atomic E-state index is 0.0595. The van der Waals surface area contributed by atoms with E-state index in [0.29, 0.717) is 11.8 Å². The molecule has 0 aromatic carbocycles. The molecule has 18 heavy (non-hydrogen) atoms. The number of ether oxygens (including phenoxy) is 1. The Bertz CT molecular complexity index is 363. The number of esters is 1. The van der Waals surface area contributed by atoms with E-state index in [2.05, 4.69) is 26.0 Å². The van der Waals surface area contributed by atoms with Gasteiger partial charge in [-0.25, -0.2) is 0 Å². The van der Waals surface area contributed by atoms with E-state index < -0.39 is 0 Å². The van der Waals surface area contributed by atoms with Crippen molar-refractivity contribution in [2.45, 2.75) is 58.0 Å². The van der Waals surface area contributed by atoms with Crippen LogP contribution in [0.15, 0.2) is 12.2 Å². The Morgan fingerprint density at radius 3 is 2.44 bits per heavy atom. The molecule has 0 N–H and O–H groups in total. The van der Waals surface area contributed by atoms with E-state index in [9.17, 15) is 4.79 Å². The van der Waals surface area contributed by atoms with Gasteiger partial charge in [0.1, 0.15) is 5.60 Å². The molecule has 0 radical (unpaired) electrons. The lowest BCUT2D eigenvalue weighted by Gasteiger charge is -2.36. The fraction of sp³-hybridized carbons (Fsp3) is 0.812. The number of hydrogen-bond donors (Lipinski definition) is 0. The van der Waals surface area contributed by atoms with Gasteiger partial charge in [0, 0.05) is 5.92 Å². The summed E-state index contributed by atoms with van der Waals surface area (Å²) in [7, 11) is 0. The molecular formula is C16H24O2. The molecular weight excluding hydrogens is 224 g/mol. The van der Waals surface area contributed by atoms with E-state index >= 15 is 0 Å². The van der Waals surface area contributed by atoms with Crippen LogP contribution in [0.1, 0.15) is 52.4 Å². The maximum absolute atomic E-state index is 12.2. The van der Waals surface area contributed by atoms with Crippen LogP contribution >= 0.6 is 0 Å². The van der Waals surface area contributed by atoms with Gasteiger partial charge in [0.05, 0.1) is 5.92 Å². The second-order valence-electron chi connectivity index (χ2n) is 6.89. The summed E-state index contributed by atoms with van der Waals surface area (Å²) in [6.45, 7) is 4.22. The monoisotopic (exact) mass is 248 g/mol. The molecule has 0 aromatic rings. The molecule has 100 valence electrons. The predicted molar refractivity (Wildman–Crippen MR) is 71.0 cm³/mol. The number of rotatable bonds is 3. The summed E-state index contributed by atoms with van der Waals surface area (Å²) in [5, 5.41) is 0. The maximum Gasteiger partial charge on any atom is 0.309 e. The van der Waals surface area contributed by atoms with Gasteiger partial charge in [-0.3, -0.25) is 4.79 Å². The van der Waals surface area contributed by atoms with Crippen molar-refractivity contribution in [3.63, 3.8) is 0 Å². The van der Waals surface area contributed by atoms with Crippen molar-refractivity contribution in [2.75, 3.05) is 0 Å². The highest BCUT2D eigenvalue weighted by atomic mass is 16.6. The average molecular weight is 248 g/mol. The van der Waals surface area contributed by atoms with Crippen molar-refractivity contribution in [2.24, 2.45) is 23.7 Å². The Morgan fingerprint density at radius 1 is 1.17 bits per heavy atom. The Morgan fingerprint density at radius 2 is 1.89 bits per heavy atom. The number of hydrogen-bond acceptors (Lipinski definition) is 2. The lowest BCUT2D eigenvalue weighted by atomic mass is 9.80. The Hall–Kier alpha value is -0.790. The summed E-state index contributed by atoms with van der Waals surface area (Å²) < 4.78 is 5.89. The number of fused-ring (bicyclic) bond motifs is 2. The van der Waals surface area contributed by atoms with Crippen molar-refractivity contribution < 1.29 is 9.53 Å². The Kier molecular flexibility index (Phi) is 2.99. The third kappa shape index (κ3) is 2.10. The quantitative estimate of drug-likeness (QED) is 0.562. The molecule has 2 fully saturated rings. The van der Waals surface area contributed by atoms with Gasteiger partial charge in [-0.15, -0.1) is 0 Å². The zero-order valence-corrected chi connectivity index (χ0v) is 11.5. The lowest BCUT2D eigenvalue weighted by Crippen LogP contribution is -2.40. The highest BCUT2D eigenvalue weighted by Gasteiger charge is 2.46. The van der Waals surface area contributed by atoms with Crippen LogP contribution < -0.4 is 0 Å². The third-order valence-electron chi connectivity index (χ3n) is 5.22. The molecule has 3 unspecified atom stereocenters. The van der Waals surface area contributed by atoms with E-state index in [1.807, 2.05) is 0 Å². The average Bonchev–Trinajstić information content (AvgIpc) is 3.05. The summed E-state index contributed by atoms with van der Waals surface area (Å²) >= 11 is 0. The first-order chi connectivity index (χ1) is 8.56. The van der Waals surface area contributed by atoms with Crippen LogP contribution in [0.25, 0.3) is 0 Å². The molecule has 3 atom stereocenters. The van der Waals surface area contributed by atoms with E-state index in [0.717, 1.165) is 18.8 Å². The summed E-state index contributed by atoms with van der Waals surface area (Å²) in [6.07, 6.45) is 11.6. The van der Waals surface area contributed by atoms with Crippen molar-refractivity contribution >= 4 is 5.97 Å². The molecule has 2 bridgehead atoms. The summed E-state index contributed by atoms with van der Waals surface area (Å²) in [6, 6.07) is 0. The standard InChI is InChI=1S/C16H24O2/c1-16(2,14-10-11-7-8-13(14)9-11)18-15(17)12-5-3-4-6-12/h7-8,11-14H,3-6,9-10H2,1-2H3. The molecule has 0 heterocycles. The summed E-state index contributed by atoms with van der Waals surface area (Å²) in [5.74, 6) is 2.14. The molecule has 0 spiro atoms. The van der Waals surface area contributed by atoms with E-state index in [-0.39, 0.29) is 17.5 Å². The van der Waals surface area contributed by atoms with Crippen molar-refractivity contribution in [1.82, 2.24) is 0 Å². The fourth-order valence-electron chi connectivity index (χ4n) is 4.16. The molecule has 3 aliphatic rings. The second kappa shape index (κ2) is 4.40. The van der Waals surface area contributed by atoms with E-state index in [1.54, 1.807) is 0 Å². The molecule has 2 heteroatoms. The van der Waals surface area contributed by atoms with Gasteiger partial charge in [0.2, 0.25) is 0 Å². The molecule has 2 saturated carbocycles. The molecule has 0 aromatic heterocycles. The molecule has 0 saturated heterocycles.